The smallest absolute Gasteiger partial charge is 0.338 e. The number of halogens is 2. The number of fused-ring (bicyclic) bond motifs is 1. The van der Waals surface area contributed by atoms with E-state index in [1.807, 2.05) is 12.1 Å². The zero-order valence-corrected chi connectivity index (χ0v) is 23.0. The SMILES string of the molecule is CCOC(=O)C1=C(C)N=c2s/c(=C/c3ccc(-c4ccc(Cl)cc4Cl)o3)c(=O)n2[C@H]1c1ccc(OC)cc1. The molecule has 0 aliphatic carbocycles. The lowest BCUT2D eigenvalue weighted by Gasteiger charge is -2.24. The highest BCUT2D eigenvalue weighted by molar-refractivity contribution is 7.07. The third-order valence-corrected chi connectivity index (χ3v) is 7.58. The first-order chi connectivity index (χ1) is 18.3. The number of esters is 1. The number of nitrogens with zero attached hydrogens (tertiary/aromatic N) is 2. The number of hydrogen-bond acceptors (Lipinski definition) is 7. The number of carbonyl (C=O) groups excluding carboxylic acids is 1. The van der Waals surface area contributed by atoms with Crippen molar-refractivity contribution in [3.05, 3.63) is 107 Å². The Labute approximate surface area is 231 Å². The predicted octanol–water partition coefficient (Wildman–Crippen LogP) is 5.37. The Morgan fingerprint density at radius 1 is 1.16 bits per heavy atom. The highest BCUT2D eigenvalue weighted by atomic mass is 35.5. The summed E-state index contributed by atoms with van der Waals surface area (Å²) in [6.45, 7) is 3.68. The van der Waals surface area contributed by atoms with Crippen molar-refractivity contribution in [3.8, 4) is 17.1 Å². The highest BCUT2D eigenvalue weighted by Crippen LogP contribution is 2.33. The summed E-state index contributed by atoms with van der Waals surface area (Å²) in [5.41, 5.74) is 1.93. The minimum atomic E-state index is -0.710. The normalized spacial score (nSPS) is 15.3. The van der Waals surface area contributed by atoms with Crippen molar-refractivity contribution in [2.24, 2.45) is 4.99 Å². The Morgan fingerprint density at radius 2 is 1.92 bits per heavy atom. The number of benzene rings is 2. The maximum absolute atomic E-state index is 13.7. The third-order valence-electron chi connectivity index (χ3n) is 6.05. The molecule has 3 heterocycles. The first kappa shape index (κ1) is 26.0. The molecule has 2 aromatic carbocycles. The van der Waals surface area contributed by atoms with Crippen LogP contribution in [0.3, 0.4) is 0 Å². The summed E-state index contributed by atoms with van der Waals surface area (Å²) >= 11 is 13.6. The molecule has 0 bridgehead atoms. The summed E-state index contributed by atoms with van der Waals surface area (Å²) in [5.74, 6) is 1.16. The number of thiazole rings is 1. The fourth-order valence-corrected chi connectivity index (χ4v) is 5.82. The average molecular weight is 569 g/mol. The van der Waals surface area contributed by atoms with Crippen molar-refractivity contribution in [2.75, 3.05) is 13.7 Å². The molecule has 0 radical (unpaired) electrons. The van der Waals surface area contributed by atoms with E-state index in [1.54, 1.807) is 69.5 Å². The minimum Gasteiger partial charge on any atom is -0.497 e. The third kappa shape index (κ3) is 4.82. The van der Waals surface area contributed by atoms with E-state index in [1.165, 1.54) is 15.9 Å². The van der Waals surface area contributed by atoms with Crippen molar-refractivity contribution in [1.82, 2.24) is 4.57 Å². The van der Waals surface area contributed by atoms with E-state index in [0.29, 0.717) is 53.5 Å². The van der Waals surface area contributed by atoms with Gasteiger partial charge in [0.05, 0.1) is 40.6 Å². The Kier molecular flexibility index (Phi) is 7.29. The number of rotatable bonds is 6. The Morgan fingerprint density at radius 3 is 2.61 bits per heavy atom. The van der Waals surface area contributed by atoms with Gasteiger partial charge in [-0.15, -0.1) is 0 Å². The summed E-state index contributed by atoms with van der Waals surface area (Å²) in [5, 5.41) is 0.981. The van der Waals surface area contributed by atoms with E-state index in [9.17, 15) is 9.59 Å². The fraction of sp³-hybridized carbons (Fsp3) is 0.179. The maximum Gasteiger partial charge on any atom is 0.338 e. The second-order valence-electron chi connectivity index (χ2n) is 8.40. The van der Waals surface area contributed by atoms with Gasteiger partial charge in [0, 0.05) is 16.7 Å². The van der Waals surface area contributed by atoms with E-state index in [-0.39, 0.29) is 12.2 Å². The summed E-state index contributed by atoms with van der Waals surface area (Å²) in [7, 11) is 1.58. The molecule has 0 fully saturated rings. The van der Waals surface area contributed by atoms with Gasteiger partial charge in [-0.1, -0.05) is 46.7 Å². The van der Waals surface area contributed by atoms with Gasteiger partial charge < -0.3 is 13.9 Å². The number of allylic oxidation sites excluding steroid dienone is 1. The van der Waals surface area contributed by atoms with E-state index in [2.05, 4.69) is 4.99 Å². The first-order valence-corrected chi connectivity index (χ1v) is 13.3. The molecule has 0 unspecified atom stereocenters. The van der Waals surface area contributed by atoms with Gasteiger partial charge in [-0.2, -0.15) is 0 Å². The molecule has 0 N–H and O–H groups in total. The van der Waals surface area contributed by atoms with Crippen LogP contribution < -0.4 is 19.6 Å². The number of furan rings is 1. The molecule has 2 aromatic heterocycles. The average Bonchev–Trinajstić information content (AvgIpc) is 3.47. The summed E-state index contributed by atoms with van der Waals surface area (Å²) in [6.07, 6.45) is 1.66. The van der Waals surface area contributed by atoms with Crippen molar-refractivity contribution in [2.45, 2.75) is 19.9 Å². The number of aromatic nitrogens is 1. The molecule has 1 aliphatic heterocycles. The topological polar surface area (TPSA) is 83.0 Å². The van der Waals surface area contributed by atoms with Crippen LogP contribution in [0.2, 0.25) is 10.0 Å². The van der Waals surface area contributed by atoms with Crippen molar-refractivity contribution in [3.63, 3.8) is 0 Å². The van der Waals surface area contributed by atoms with E-state index in [0.717, 1.165) is 5.56 Å². The molecular weight excluding hydrogens is 547 g/mol. The molecule has 7 nitrogen and oxygen atoms in total. The van der Waals surface area contributed by atoms with Crippen LogP contribution in [0, 0.1) is 0 Å². The van der Waals surface area contributed by atoms with Crippen LogP contribution in [-0.4, -0.2) is 24.3 Å². The molecule has 194 valence electrons. The van der Waals surface area contributed by atoms with Crippen LogP contribution in [0.15, 0.2) is 80.1 Å². The molecule has 10 heteroatoms. The molecule has 1 aliphatic rings. The van der Waals surface area contributed by atoms with Crippen LogP contribution in [-0.2, 0) is 9.53 Å². The zero-order valence-electron chi connectivity index (χ0n) is 20.7. The van der Waals surface area contributed by atoms with Crippen LogP contribution >= 0.6 is 34.5 Å². The summed E-state index contributed by atoms with van der Waals surface area (Å²) < 4.78 is 18.5. The van der Waals surface area contributed by atoms with Crippen molar-refractivity contribution >= 4 is 46.6 Å². The zero-order chi connectivity index (χ0) is 27.0. The lowest BCUT2D eigenvalue weighted by molar-refractivity contribution is -0.139. The molecule has 0 amide bonds. The second kappa shape index (κ2) is 10.6. The van der Waals surface area contributed by atoms with Gasteiger partial charge >= 0.3 is 5.97 Å². The molecule has 0 saturated carbocycles. The molecule has 38 heavy (non-hydrogen) atoms. The number of hydrogen-bond donors (Lipinski definition) is 0. The minimum absolute atomic E-state index is 0.202. The van der Waals surface area contributed by atoms with Gasteiger partial charge in [0.2, 0.25) is 0 Å². The van der Waals surface area contributed by atoms with Gasteiger partial charge in [-0.05, 0) is 61.9 Å². The predicted molar refractivity (Wildman–Crippen MR) is 148 cm³/mol. The lowest BCUT2D eigenvalue weighted by atomic mass is 9.96. The van der Waals surface area contributed by atoms with Gasteiger partial charge in [-0.25, -0.2) is 9.79 Å². The van der Waals surface area contributed by atoms with Crippen LogP contribution in [0.1, 0.15) is 31.2 Å². The van der Waals surface area contributed by atoms with Crippen molar-refractivity contribution < 1.29 is 18.7 Å². The molecule has 0 saturated heterocycles. The van der Waals surface area contributed by atoms with Gasteiger partial charge in [0.15, 0.2) is 4.80 Å². The number of methoxy groups -OCH3 is 1. The standard InChI is InChI=1S/C28H22Cl2N2O5S/c1-4-36-27(34)24-15(2)31-28-32(25(24)16-5-8-18(35-3)9-6-16)26(33)23(38-28)14-19-10-12-22(37-19)20-11-7-17(29)13-21(20)30/h5-14,25H,4H2,1-3H3/b23-14+/t25-/m0/s1. The van der Waals surface area contributed by atoms with E-state index >= 15 is 0 Å². The largest absolute Gasteiger partial charge is 0.497 e. The van der Waals surface area contributed by atoms with Crippen LogP contribution in [0.4, 0.5) is 0 Å². The summed E-state index contributed by atoms with van der Waals surface area (Å²) in [6, 6.07) is 15.2. The second-order valence-corrected chi connectivity index (χ2v) is 10.3. The lowest BCUT2D eigenvalue weighted by Crippen LogP contribution is -2.39. The van der Waals surface area contributed by atoms with E-state index < -0.39 is 12.0 Å². The van der Waals surface area contributed by atoms with E-state index in [4.69, 9.17) is 37.1 Å². The summed E-state index contributed by atoms with van der Waals surface area (Å²) in [4.78, 5) is 31.8. The van der Waals surface area contributed by atoms with Gasteiger partial charge in [-0.3, -0.25) is 9.36 Å². The highest BCUT2D eigenvalue weighted by Gasteiger charge is 2.33. The van der Waals surface area contributed by atoms with Gasteiger partial charge in [0.1, 0.15) is 17.3 Å². The molecule has 1 atom stereocenters. The fourth-order valence-electron chi connectivity index (χ4n) is 4.29. The molecular formula is C28H22Cl2N2O5S. The Bertz CT molecular complexity index is 1750. The molecule has 4 aromatic rings. The van der Waals surface area contributed by atoms with Crippen LogP contribution in [0.25, 0.3) is 17.4 Å². The Balaban J connectivity index is 1.63. The number of carbonyl (C=O) groups is 1. The quantitative estimate of drug-likeness (QED) is 0.292. The monoisotopic (exact) mass is 568 g/mol. The maximum atomic E-state index is 13.7. The van der Waals surface area contributed by atoms with Gasteiger partial charge in [0.25, 0.3) is 5.56 Å². The van der Waals surface area contributed by atoms with Crippen LogP contribution in [0.5, 0.6) is 5.75 Å². The molecule has 0 spiro atoms. The Hall–Kier alpha value is -3.59. The first-order valence-electron chi connectivity index (χ1n) is 11.7. The molecule has 5 rings (SSSR count). The van der Waals surface area contributed by atoms with Crippen molar-refractivity contribution in [1.29, 1.82) is 0 Å². The number of ether oxygens (including phenoxy) is 2.